The molecule has 0 aliphatic heterocycles. The van der Waals surface area contributed by atoms with Gasteiger partial charge in [-0.15, -0.1) is 0 Å². The van der Waals surface area contributed by atoms with Gasteiger partial charge in [0.05, 0.1) is 29.5 Å². The van der Waals surface area contributed by atoms with Gasteiger partial charge in [-0.05, 0) is 26.6 Å². The summed E-state index contributed by atoms with van der Waals surface area (Å²) in [4.78, 5) is 2.15. The van der Waals surface area contributed by atoms with Crippen molar-refractivity contribution in [3.05, 3.63) is 16.9 Å². The van der Waals surface area contributed by atoms with Crippen molar-refractivity contribution < 1.29 is 0 Å². The van der Waals surface area contributed by atoms with Gasteiger partial charge in [0.25, 0.3) is 0 Å². The highest BCUT2D eigenvalue weighted by Crippen LogP contribution is 2.28. The molecule has 1 aromatic rings. The zero-order chi connectivity index (χ0) is 13.7. The van der Waals surface area contributed by atoms with Crippen molar-refractivity contribution in [2.75, 3.05) is 27.2 Å². The Morgan fingerprint density at radius 3 is 2.61 bits per heavy atom. The Hall–Kier alpha value is -0.580. The molecule has 0 radical (unpaired) electrons. The van der Waals surface area contributed by atoms with Gasteiger partial charge in [0, 0.05) is 6.54 Å². The van der Waals surface area contributed by atoms with E-state index in [0.29, 0.717) is 5.92 Å². The predicted octanol–water partition coefficient (Wildman–Crippen LogP) is 2.40. The first kappa shape index (κ1) is 15.5. The fourth-order valence-corrected chi connectivity index (χ4v) is 2.28. The van der Waals surface area contributed by atoms with Crippen molar-refractivity contribution >= 4 is 11.6 Å². The summed E-state index contributed by atoms with van der Waals surface area (Å²) < 4.78 is 2.02. The molecule has 0 saturated heterocycles. The van der Waals surface area contributed by atoms with Gasteiger partial charge in [0.2, 0.25) is 0 Å². The molecule has 0 aliphatic carbocycles. The topological polar surface area (TPSA) is 33.1 Å². The van der Waals surface area contributed by atoms with Gasteiger partial charge < -0.3 is 10.2 Å². The smallest absolute Gasteiger partial charge is 0.0834 e. The summed E-state index contributed by atoms with van der Waals surface area (Å²) in [6.45, 7) is 9.27. The first-order valence-electron chi connectivity index (χ1n) is 6.56. The van der Waals surface area contributed by atoms with Crippen LogP contribution in [-0.2, 0) is 6.54 Å². The van der Waals surface area contributed by atoms with Crippen LogP contribution in [0.25, 0.3) is 0 Å². The first-order chi connectivity index (χ1) is 8.47. The highest BCUT2D eigenvalue weighted by molar-refractivity contribution is 6.31. The molecule has 0 aliphatic rings. The zero-order valence-corrected chi connectivity index (χ0v) is 12.8. The van der Waals surface area contributed by atoms with E-state index in [-0.39, 0.29) is 6.04 Å². The number of hydrogen-bond donors (Lipinski definition) is 1. The van der Waals surface area contributed by atoms with E-state index >= 15 is 0 Å². The number of likely N-dealkylation sites (N-methyl/N-ethyl adjacent to an activating group) is 1. The van der Waals surface area contributed by atoms with Crippen molar-refractivity contribution in [1.29, 1.82) is 0 Å². The minimum absolute atomic E-state index is 0.257. The molecular weight excluding hydrogens is 248 g/mol. The summed E-state index contributed by atoms with van der Waals surface area (Å²) in [5.41, 5.74) is 1.11. The lowest BCUT2D eigenvalue weighted by Crippen LogP contribution is -2.29. The highest BCUT2D eigenvalue weighted by Gasteiger charge is 2.22. The van der Waals surface area contributed by atoms with Crippen molar-refractivity contribution in [2.24, 2.45) is 5.92 Å². The lowest BCUT2D eigenvalue weighted by atomic mass is 10.0. The molecular formula is C13H25ClN4. The molecule has 5 heteroatoms. The average Bonchev–Trinajstić information content (AvgIpc) is 2.64. The molecule has 104 valence electrons. The molecule has 4 nitrogen and oxygen atoms in total. The van der Waals surface area contributed by atoms with E-state index in [2.05, 4.69) is 50.2 Å². The number of aromatic nitrogens is 2. The van der Waals surface area contributed by atoms with Crippen molar-refractivity contribution in [3.63, 3.8) is 0 Å². The van der Waals surface area contributed by atoms with Crippen LogP contribution in [0.4, 0.5) is 0 Å². The van der Waals surface area contributed by atoms with Crippen LogP contribution in [-0.4, -0.2) is 41.9 Å². The maximum Gasteiger partial charge on any atom is 0.0834 e. The predicted molar refractivity (Wildman–Crippen MR) is 77.0 cm³/mol. The lowest BCUT2D eigenvalue weighted by molar-refractivity contribution is 0.346. The first-order valence-corrected chi connectivity index (χ1v) is 6.94. The van der Waals surface area contributed by atoms with E-state index in [9.17, 15) is 0 Å². The highest BCUT2D eigenvalue weighted by atomic mass is 35.5. The van der Waals surface area contributed by atoms with Crippen molar-refractivity contribution in [2.45, 2.75) is 33.4 Å². The van der Waals surface area contributed by atoms with Crippen LogP contribution in [0, 0.1) is 5.92 Å². The number of rotatable bonds is 7. The summed E-state index contributed by atoms with van der Waals surface area (Å²) in [5, 5.41) is 8.64. The number of nitrogens with zero attached hydrogens (tertiary/aromatic N) is 3. The minimum Gasteiger partial charge on any atom is -0.309 e. The largest absolute Gasteiger partial charge is 0.309 e. The molecule has 0 bridgehead atoms. The van der Waals surface area contributed by atoms with Crippen molar-refractivity contribution in [3.8, 4) is 0 Å². The molecule has 0 amide bonds. The average molecular weight is 273 g/mol. The van der Waals surface area contributed by atoms with Crippen molar-refractivity contribution in [1.82, 2.24) is 20.0 Å². The monoisotopic (exact) mass is 272 g/mol. The number of halogens is 1. The zero-order valence-electron chi connectivity index (χ0n) is 12.1. The molecule has 1 rings (SSSR count). The normalized spacial score (nSPS) is 13.6. The van der Waals surface area contributed by atoms with Gasteiger partial charge in [0.15, 0.2) is 0 Å². The molecule has 0 spiro atoms. The van der Waals surface area contributed by atoms with Crippen LogP contribution >= 0.6 is 11.6 Å². The van der Waals surface area contributed by atoms with Gasteiger partial charge in [0.1, 0.15) is 0 Å². The second-order valence-corrected chi connectivity index (χ2v) is 5.59. The molecule has 0 saturated carbocycles. The molecule has 0 aromatic carbocycles. The van der Waals surface area contributed by atoms with Gasteiger partial charge >= 0.3 is 0 Å². The quantitative estimate of drug-likeness (QED) is 0.828. The summed E-state index contributed by atoms with van der Waals surface area (Å²) in [7, 11) is 4.13. The standard InChI is InChI=1S/C13H25ClN4/c1-6-15-12(10(2)3)13-11(14)9-16-18(13)8-7-17(4)5/h9-10,12,15H,6-8H2,1-5H3. The third kappa shape index (κ3) is 3.97. The number of nitrogens with one attached hydrogen (secondary N) is 1. The maximum absolute atomic E-state index is 6.30. The Morgan fingerprint density at radius 2 is 2.11 bits per heavy atom. The maximum atomic E-state index is 6.30. The molecule has 0 fully saturated rings. The molecule has 1 aromatic heterocycles. The van der Waals surface area contributed by atoms with E-state index in [1.54, 1.807) is 6.20 Å². The Kier molecular flexibility index (Phi) is 6.12. The minimum atomic E-state index is 0.257. The Labute approximate surface area is 115 Å². The van der Waals surface area contributed by atoms with E-state index in [4.69, 9.17) is 11.6 Å². The van der Waals surface area contributed by atoms with Crippen LogP contribution in [0.1, 0.15) is 32.5 Å². The molecule has 1 atom stereocenters. The molecule has 1 N–H and O–H groups in total. The summed E-state index contributed by atoms with van der Waals surface area (Å²) >= 11 is 6.30. The Bertz CT molecular complexity index is 360. The van der Waals surface area contributed by atoms with E-state index in [1.165, 1.54) is 0 Å². The van der Waals surface area contributed by atoms with E-state index < -0.39 is 0 Å². The Morgan fingerprint density at radius 1 is 1.44 bits per heavy atom. The second kappa shape index (κ2) is 7.12. The van der Waals surface area contributed by atoms with Crippen LogP contribution in [0.5, 0.6) is 0 Å². The van der Waals surface area contributed by atoms with E-state index in [1.807, 2.05) is 4.68 Å². The van der Waals surface area contributed by atoms with Gasteiger partial charge in [-0.3, -0.25) is 4.68 Å². The third-order valence-electron chi connectivity index (χ3n) is 2.98. The summed E-state index contributed by atoms with van der Waals surface area (Å²) in [6, 6.07) is 0.257. The fourth-order valence-electron chi connectivity index (χ4n) is 2.02. The number of hydrogen-bond acceptors (Lipinski definition) is 3. The van der Waals surface area contributed by atoms with Gasteiger partial charge in [-0.2, -0.15) is 5.10 Å². The second-order valence-electron chi connectivity index (χ2n) is 5.18. The van der Waals surface area contributed by atoms with Crippen LogP contribution in [0.2, 0.25) is 5.02 Å². The van der Waals surface area contributed by atoms with Gasteiger partial charge in [-0.25, -0.2) is 0 Å². The van der Waals surface area contributed by atoms with Crippen LogP contribution < -0.4 is 5.32 Å². The summed E-state index contributed by atoms with van der Waals surface area (Å²) in [5.74, 6) is 0.484. The Balaban J connectivity index is 2.93. The molecule has 1 unspecified atom stereocenters. The van der Waals surface area contributed by atoms with Gasteiger partial charge in [-0.1, -0.05) is 32.4 Å². The SMILES string of the molecule is CCNC(c1c(Cl)cnn1CCN(C)C)C(C)C. The third-order valence-corrected chi connectivity index (χ3v) is 3.27. The van der Waals surface area contributed by atoms with Crippen LogP contribution in [0.3, 0.4) is 0 Å². The lowest BCUT2D eigenvalue weighted by Gasteiger charge is -2.24. The summed E-state index contributed by atoms with van der Waals surface area (Å²) in [6.07, 6.45) is 1.75. The van der Waals surface area contributed by atoms with Crippen LogP contribution in [0.15, 0.2) is 6.20 Å². The van der Waals surface area contributed by atoms with E-state index in [0.717, 1.165) is 30.4 Å². The fraction of sp³-hybridized carbons (Fsp3) is 0.769. The molecule has 18 heavy (non-hydrogen) atoms. The molecule has 1 heterocycles.